The molecule has 0 aromatic heterocycles. The number of hydrogen-bond acceptors (Lipinski definition) is 4. The molecule has 1 amide bonds. The predicted octanol–water partition coefficient (Wildman–Crippen LogP) is 2.93. The minimum Gasteiger partial charge on any atom is -0.394 e. The van der Waals surface area contributed by atoms with E-state index >= 15 is 0 Å². The van der Waals surface area contributed by atoms with Gasteiger partial charge in [-0.25, -0.2) is 13.2 Å². The molecule has 4 N–H and O–H groups in total. The molecule has 2 aromatic carbocycles. The van der Waals surface area contributed by atoms with E-state index in [1.807, 2.05) is 22.6 Å². The van der Waals surface area contributed by atoms with Crippen molar-refractivity contribution in [1.82, 2.24) is 5.32 Å². The molecule has 0 spiro atoms. The fourth-order valence-electron chi connectivity index (χ4n) is 2.13. The van der Waals surface area contributed by atoms with E-state index in [1.54, 1.807) is 6.07 Å². The molecule has 0 fully saturated rings. The minimum absolute atomic E-state index is 0.0108. The first-order valence-electron chi connectivity index (χ1n) is 7.60. The quantitative estimate of drug-likeness (QED) is 0.460. The lowest BCUT2D eigenvalue weighted by atomic mass is 10.1. The van der Waals surface area contributed by atoms with E-state index in [1.165, 1.54) is 12.1 Å². The lowest BCUT2D eigenvalue weighted by molar-refractivity contribution is 0.0834. The van der Waals surface area contributed by atoms with Crippen LogP contribution in [0.4, 0.5) is 24.5 Å². The summed E-state index contributed by atoms with van der Waals surface area (Å²) in [5.41, 5.74) is -0.828. The molecule has 0 saturated carbocycles. The van der Waals surface area contributed by atoms with Gasteiger partial charge in [-0.05, 0) is 59.3 Å². The Morgan fingerprint density at radius 3 is 2.54 bits per heavy atom. The van der Waals surface area contributed by atoms with Gasteiger partial charge in [0.1, 0.15) is 5.82 Å². The van der Waals surface area contributed by atoms with Gasteiger partial charge in [-0.2, -0.15) is 0 Å². The summed E-state index contributed by atoms with van der Waals surface area (Å²) >= 11 is 1.90. The summed E-state index contributed by atoms with van der Waals surface area (Å²) in [5.74, 6) is -3.92. The second kappa shape index (κ2) is 9.19. The largest absolute Gasteiger partial charge is 0.394 e. The van der Waals surface area contributed by atoms with Gasteiger partial charge in [0.2, 0.25) is 0 Å². The Bertz CT molecular complexity index is 805. The van der Waals surface area contributed by atoms with Gasteiger partial charge in [0.25, 0.3) is 5.91 Å². The number of rotatable bonds is 7. The van der Waals surface area contributed by atoms with Crippen LogP contribution in [0.25, 0.3) is 0 Å². The first kappa shape index (κ1) is 20.5. The van der Waals surface area contributed by atoms with Crippen molar-refractivity contribution in [3.63, 3.8) is 0 Å². The average Bonchev–Trinajstić information content (AvgIpc) is 2.60. The highest BCUT2D eigenvalue weighted by Crippen LogP contribution is 2.28. The van der Waals surface area contributed by atoms with Crippen LogP contribution >= 0.6 is 22.6 Å². The third-order valence-electron chi connectivity index (χ3n) is 3.50. The number of aliphatic hydroxyl groups is 2. The molecule has 140 valence electrons. The van der Waals surface area contributed by atoms with Gasteiger partial charge in [0.15, 0.2) is 11.6 Å². The molecule has 2 rings (SSSR count). The zero-order valence-corrected chi connectivity index (χ0v) is 15.6. The summed E-state index contributed by atoms with van der Waals surface area (Å²) < 4.78 is 42.4. The fourth-order valence-corrected chi connectivity index (χ4v) is 2.58. The van der Waals surface area contributed by atoms with Gasteiger partial charge in [0.05, 0.1) is 29.6 Å². The number of hydrogen-bond donors (Lipinski definition) is 4. The molecular formula is C17H16F3IN2O3. The maximum Gasteiger partial charge on any atom is 0.253 e. The van der Waals surface area contributed by atoms with Crippen LogP contribution in [0.2, 0.25) is 0 Å². The van der Waals surface area contributed by atoms with Crippen LogP contribution < -0.4 is 10.6 Å². The zero-order chi connectivity index (χ0) is 19.3. The maximum atomic E-state index is 14.2. The Hall–Kier alpha value is -1.85. The second-order valence-electron chi connectivity index (χ2n) is 5.41. The number of carbonyl (C=O) groups is 1. The lowest BCUT2D eigenvalue weighted by Gasteiger charge is -2.15. The highest BCUT2D eigenvalue weighted by molar-refractivity contribution is 14.1. The molecule has 1 atom stereocenters. The van der Waals surface area contributed by atoms with Crippen molar-refractivity contribution < 1.29 is 28.2 Å². The van der Waals surface area contributed by atoms with Gasteiger partial charge < -0.3 is 20.8 Å². The van der Waals surface area contributed by atoms with Gasteiger partial charge in [-0.1, -0.05) is 0 Å². The topological polar surface area (TPSA) is 81.6 Å². The SMILES string of the molecule is O=C(NCC[C@H](O)CO)c1ccc(F)c(F)c1Nc1ccc(I)cc1F. The van der Waals surface area contributed by atoms with E-state index in [9.17, 15) is 23.1 Å². The van der Waals surface area contributed by atoms with Crippen LogP contribution in [0.15, 0.2) is 30.3 Å². The third-order valence-corrected chi connectivity index (χ3v) is 4.18. The number of halogens is 4. The van der Waals surface area contributed by atoms with E-state index in [2.05, 4.69) is 10.6 Å². The minimum atomic E-state index is -1.31. The molecule has 5 nitrogen and oxygen atoms in total. The normalized spacial score (nSPS) is 11.9. The molecule has 26 heavy (non-hydrogen) atoms. The van der Waals surface area contributed by atoms with Crippen LogP contribution in [0.3, 0.4) is 0 Å². The number of aliphatic hydroxyl groups excluding tert-OH is 2. The second-order valence-corrected chi connectivity index (χ2v) is 6.66. The smallest absolute Gasteiger partial charge is 0.253 e. The number of anilines is 2. The monoisotopic (exact) mass is 480 g/mol. The number of amides is 1. The van der Waals surface area contributed by atoms with Gasteiger partial charge in [0, 0.05) is 10.1 Å². The maximum absolute atomic E-state index is 14.2. The molecular weight excluding hydrogens is 464 g/mol. The zero-order valence-electron chi connectivity index (χ0n) is 13.4. The molecule has 2 aromatic rings. The van der Waals surface area contributed by atoms with Crippen molar-refractivity contribution in [3.8, 4) is 0 Å². The highest BCUT2D eigenvalue weighted by atomic mass is 127. The van der Waals surface area contributed by atoms with Crippen LogP contribution in [-0.2, 0) is 0 Å². The summed E-state index contributed by atoms with van der Waals surface area (Å²) in [7, 11) is 0. The van der Waals surface area contributed by atoms with Crippen molar-refractivity contribution in [2.45, 2.75) is 12.5 Å². The van der Waals surface area contributed by atoms with Crippen LogP contribution in [0.1, 0.15) is 16.8 Å². The molecule has 0 aliphatic carbocycles. The molecule has 0 aliphatic heterocycles. The summed E-state index contributed by atoms with van der Waals surface area (Å²) in [5, 5.41) is 22.8. The Labute approximate surface area is 161 Å². The molecule has 0 heterocycles. The summed E-state index contributed by atoms with van der Waals surface area (Å²) in [6.07, 6.45) is -0.917. The van der Waals surface area contributed by atoms with Gasteiger partial charge in [-0.15, -0.1) is 0 Å². The van der Waals surface area contributed by atoms with E-state index < -0.39 is 41.8 Å². The van der Waals surface area contributed by atoms with Crippen molar-refractivity contribution in [2.75, 3.05) is 18.5 Å². The van der Waals surface area contributed by atoms with E-state index in [0.29, 0.717) is 3.57 Å². The number of benzene rings is 2. The van der Waals surface area contributed by atoms with Gasteiger partial charge >= 0.3 is 0 Å². The third kappa shape index (κ3) is 5.08. The first-order chi connectivity index (χ1) is 12.3. The fraction of sp³-hybridized carbons (Fsp3) is 0.235. The molecule has 9 heteroatoms. The molecule has 0 aliphatic rings. The van der Waals surface area contributed by atoms with Crippen LogP contribution in [0, 0.1) is 21.0 Å². The number of nitrogens with one attached hydrogen (secondary N) is 2. The van der Waals surface area contributed by atoms with E-state index in [4.69, 9.17) is 5.11 Å². The first-order valence-corrected chi connectivity index (χ1v) is 8.68. The standard InChI is InChI=1S/C17H16F3IN2O3/c18-12-3-2-11(17(26)22-6-5-10(25)8-24)16(15(12)20)23-14-4-1-9(21)7-13(14)19/h1-4,7,10,23-25H,5-6,8H2,(H,22,26)/t10-/m0/s1. The lowest BCUT2D eigenvalue weighted by Crippen LogP contribution is -2.29. The molecule has 0 unspecified atom stereocenters. The average molecular weight is 480 g/mol. The summed E-state index contributed by atoms with van der Waals surface area (Å²) in [4.78, 5) is 12.2. The Kier molecular flexibility index (Phi) is 7.23. The van der Waals surface area contributed by atoms with Gasteiger partial charge in [-0.3, -0.25) is 4.79 Å². The van der Waals surface area contributed by atoms with Crippen LogP contribution in [-0.4, -0.2) is 35.4 Å². The molecule has 0 saturated heterocycles. The van der Waals surface area contributed by atoms with Crippen LogP contribution in [0.5, 0.6) is 0 Å². The van der Waals surface area contributed by atoms with Crippen molar-refractivity contribution >= 4 is 39.9 Å². The summed E-state index contributed by atoms with van der Waals surface area (Å²) in [6, 6.07) is 5.99. The molecule has 0 bridgehead atoms. The van der Waals surface area contributed by atoms with Crippen molar-refractivity contribution in [1.29, 1.82) is 0 Å². The summed E-state index contributed by atoms with van der Waals surface area (Å²) in [6.45, 7) is -0.448. The Morgan fingerprint density at radius 2 is 1.88 bits per heavy atom. The van der Waals surface area contributed by atoms with Crippen molar-refractivity contribution in [3.05, 3.63) is 56.9 Å². The number of carbonyl (C=O) groups excluding carboxylic acids is 1. The van der Waals surface area contributed by atoms with Crippen molar-refractivity contribution in [2.24, 2.45) is 0 Å². The Balaban J connectivity index is 2.27. The Morgan fingerprint density at radius 1 is 1.15 bits per heavy atom. The highest BCUT2D eigenvalue weighted by Gasteiger charge is 2.20. The molecule has 0 radical (unpaired) electrons. The van der Waals surface area contributed by atoms with E-state index in [0.717, 1.165) is 12.1 Å². The predicted molar refractivity (Wildman–Crippen MR) is 98.8 cm³/mol. The van der Waals surface area contributed by atoms with E-state index in [-0.39, 0.29) is 24.2 Å².